The van der Waals surface area contributed by atoms with Crippen molar-refractivity contribution in [3.63, 3.8) is 0 Å². The molecule has 94 valence electrons. The number of aliphatic carboxylic acids is 1. The minimum Gasteiger partial charge on any atom is -0.481 e. The lowest BCUT2D eigenvalue weighted by molar-refractivity contribution is -0.141. The lowest BCUT2D eigenvalue weighted by Crippen LogP contribution is -2.16. The van der Waals surface area contributed by atoms with Crippen molar-refractivity contribution in [3.05, 3.63) is 35.4 Å². The molecule has 0 fully saturated rings. The molecular weight excluding hydrogens is 212 g/mol. The van der Waals surface area contributed by atoms with Crippen LogP contribution in [-0.4, -0.2) is 11.1 Å². The van der Waals surface area contributed by atoms with E-state index in [4.69, 9.17) is 5.11 Å². The van der Waals surface area contributed by atoms with E-state index in [2.05, 4.69) is 26.0 Å². The number of hydrogen-bond donors (Lipinski definition) is 1. The van der Waals surface area contributed by atoms with Gasteiger partial charge in [-0.05, 0) is 29.4 Å². The highest BCUT2D eigenvalue weighted by atomic mass is 16.4. The molecule has 2 nitrogen and oxygen atoms in total. The number of benzene rings is 1. The van der Waals surface area contributed by atoms with Crippen LogP contribution in [0, 0.1) is 11.8 Å². The lowest BCUT2D eigenvalue weighted by Gasteiger charge is -2.17. The van der Waals surface area contributed by atoms with Gasteiger partial charge < -0.3 is 5.11 Å². The molecule has 0 aliphatic heterocycles. The Morgan fingerprint density at radius 1 is 1.24 bits per heavy atom. The summed E-state index contributed by atoms with van der Waals surface area (Å²) in [4.78, 5) is 11.0. The molecule has 2 atom stereocenters. The van der Waals surface area contributed by atoms with E-state index in [0.29, 0.717) is 5.92 Å². The second kappa shape index (κ2) is 5.85. The first-order valence-corrected chi connectivity index (χ1v) is 6.23. The molecule has 0 spiro atoms. The topological polar surface area (TPSA) is 37.3 Å². The molecule has 0 bridgehead atoms. The molecule has 0 radical (unpaired) electrons. The number of carbonyl (C=O) groups is 1. The molecule has 0 amide bonds. The van der Waals surface area contributed by atoms with Gasteiger partial charge in [-0.2, -0.15) is 0 Å². The molecule has 2 heteroatoms. The van der Waals surface area contributed by atoms with Gasteiger partial charge in [-0.25, -0.2) is 0 Å². The van der Waals surface area contributed by atoms with E-state index in [9.17, 15) is 4.79 Å². The van der Waals surface area contributed by atoms with Crippen LogP contribution in [-0.2, 0) is 11.2 Å². The maximum Gasteiger partial charge on any atom is 0.306 e. The van der Waals surface area contributed by atoms with E-state index < -0.39 is 5.97 Å². The van der Waals surface area contributed by atoms with Gasteiger partial charge in [-0.15, -0.1) is 0 Å². The molecule has 2 unspecified atom stereocenters. The van der Waals surface area contributed by atoms with Gasteiger partial charge in [0.25, 0.3) is 0 Å². The fourth-order valence-corrected chi connectivity index (χ4v) is 1.98. The number of carboxylic acid groups (broad SMARTS) is 1. The summed E-state index contributed by atoms with van der Waals surface area (Å²) in [5, 5.41) is 9.03. The largest absolute Gasteiger partial charge is 0.481 e. The summed E-state index contributed by atoms with van der Waals surface area (Å²) < 4.78 is 0. The van der Waals surface area contributed by atoms with Crippen LogP contribution in [0.2, 0.25) is 0 Å². The predicted octanol–water partition coefficient (Wildman–Crippen LogP) is 3.71. The third-order valence-corrected chi connectivity index (χ3v) is 3.26. The highest BCUT2D eigenvalue weighted by Crippen LogP contribution is 2.25. The molecular formula is C15H22O2. The third-order valence-electron chi connectivity index (χ3n) is 3.26. The van der Waals surface area contributed by atoms with E-state index in [-0.39, 0.29) is 11.8 Å². The van der Waals surface area contributed by atoms with Gasteiger partial charge in [0, 0.05) is 0 Å². The lowest BCUT2D eigenvalue weighted by atomic mass is 9.87. The van der Waals surface area contributed by atoms with E-state index in [0.717, 1.165) is 12.0 Å². The van der Waals surface area contributed by atoms with Crippen molar-refractivity contribution < 1.29 is 9.90 Å². The van der Waals surface area contributed by atoms with Gasteiger partial charge in [0.05, 0.1) is 5.92 Å². The Kier molecular flexibility index (Phi) is 4.73. The Morgan fingerprint density at radius 3 is 2.41 bits per heavy atom. The SMILES string of the molecule is CC(C)Cc1cccc(C(C)C(C)C(=O)O)c1. The van der Waals surface area contributed by atoms with E-state index in [1.54, 1.807) is 6.92 Å². The zero-order valence-corrected chi connectivity index (χ0v) is 11.1. The quantitative estimate of drug-likeness (QED) is 0.843. The zero-order chi connectivity index (χ0) is 13.0. The second-order valence-electron chi connectivity index (χ2n) is 5.26. The highest BCUT2D eigenvalue weighted by molar-refractivity contribution is 5.70. The molecule has 1 N–H and O–H groups in total. The summed E-state index contributed by atoms with van der Waals surface area (Å²) in [6.07, 6.45) is 1.04. The standard InChI is InChI=1S/C15H22O2/c1-10(2)8-13-6-5-7-14(9-13)11(3)12(4)15(16)17/h5-7,9-12H,8H2,1-4H3,(H,16,17). The first-order chi connectivity index (χ1) is 7.91. The number of rotatable bonds is 5. The minimum atomic E-state index is -0.730. The first kappa shape index (κ1) is 13.8. The van der Waals surface area contributed by atoms with Crippen LogP contribution in [0.1, 0.15) is 44.7 Å². The molecule has 1 rings (SSSR count). The van der Waals surface area contributed by atoms with Gasteiger partial charge in [-0.3, -0.25) is 4.79 Å². The van der Waals surface area contributed by atoms with Crippen LogP contribution in [0.15, 0.2) is 24.3 Å². The maximum absolute atomic E-state index is 11.0. The molecule has 1 aromatic carbocycles. The van der Waals surface area contributed by atoms with Crippen LogP contribution in [0.3, 0.4) is 0 Å². The summed E-state index contributed by atoms with van der Waals surface area (Å²) in [5.41, 5.74) is 2.42. The molecule has 0 aliphatic carbocycles. The molecule has 17 heavy (non-hydrogen) atoms. The van der Waals surface area contributed by atoms with Crippen LogP contribution >= 0.6 is 0 Å². The van der Waals surface area contributed by atoms with Gasteiger partial charge in [0.15, 0.2) is 0 Å². The van der Waals surface area contributed by atoms with Crippen LogP contribution in [0.5, 0.6) is 0 Å². The van der Waals surface area contributed by atoms with Crippen molar-refractivity contribution in [2.24, 2.45) is 11.8 Å². The maximum atomic E-state index is 11.0. The molecule has 1 aromatic rings. The van der Waals surface area contributed by atoms with Crippen LogP contribution in [0.4, 0.5) is 0 Å². The summed E-state index contributed by atoms with van der Waals surface area (Å²) in [5.74, 6) is -0.395. The van der Waals surface area contributed by atoms with Crippen molar-refractivity contribution >= 4 is 5.97 Å². The second-order valence-corrected chi connectivity index (χ2v) is 5.26. The van der Waals surface area contributed by atoms with Gasteiger partial charge in [0.2, 0.25) is 0 Å². The van der Waals surface area contributed by atoms with E-state index >= 15 is 0 Å². The molecule has 0 saturated heterocycles. The molecule has 0 heterocycles. The normalized spacial score (nSPS) is 14.6. The van der Waals surface area contributed by atoms with Crippen molar-refractivity contribution in [2.75, 3.05) is 0 Å². The van der Waals surface area contributed by atoms with E-state index in [1.165, 1.54) is 5.56 Å². The van der Waals surface area contributed by atoms with Crippen molar-refractivity contribution in [1.82, 2.24) is 0 Å². The predicted molar refractivity (Wildman–Crippen MR) is 70.2 cm³/mol. The van der Waals surface area contributed by atoms with E-state index in [1.807, 2.05) is 19.1 Å². The van der Waals surface area contributed by atoms with Gasteiger partial charge in [0.1, 0.15) is 0 Å². The summed E-state index contributed by atoms with van der Waals surface area (Å²) in [6.45, 7) is 8.13. The monoisotopic (exact) mass is 234 g/mol. The number of hydrogen-bond acceptors (Lipinski definition) is 1. The smallest absolute Gasteiger partial charge is 0.306 e. The Labute approximate surface area is 104 Å². The zero-order valence-electron chi connectivity index (χ0n) is 11.1. The minimum absolute atomic E-state index is 0.0552. The third kappa shape index (κ3) is 3.88. The Morgan fingerprint density at radius 2 is 1.88 bits per heavy atom. The Bertz CT molecular complexity index is 382. The van der Waals surface area contributed by atoms with Gasteiger partial charge >= 0.3 is 5.97 Å². The fourth-order valence-electron chi connectivity index (χ4n) is 1.98. The molecule has 0 saturated carbocycles. The summed E-state index contributed by atoms with van der Waals surface area (Å²) in [6, 6.07) is 8.30. The Balaban J connectivity index is 2.87. The Hall–Kier alpha value is -1.31. The van der Waals surface area contributed by atoms with Crippen molar-refractivity contribution in [1.29, 1.82) is 0 Å². The van der Waals surface area contributed by atoms with Crippen molar-refractivity contribution in [3.8, 4) is 0 Å². The molecule has 0 aliphatic rings. The van der Waals surface area contributed by atoms with Crippen molar-refractivity contribution in [2.45, 2.75) is 40.0 Å². The fraction of sp³-hybridized carbons (Fsp3) is 0.533. The molecule has 0 aromatic heterocycles. The first-order valence-electron chi connectivity index (χ1n) is 6.23. The summed E-state index contributed by atoms with van der Waals surface area (Å²) >= 11 is 0. The highest BCUT2D eigenvalue weighted by Gasteiger charge is 2.20. The van der Waals surface area contributed by atoms with Gasteiger partial charge in [-0.1, -0.05) is 52.0 Å². The average Bonchev–Trinajstić information content (AvgIpc) is 2.26. The average molecular weight is 234 g/mol. The summed E-state index contributed by atoms with van der Waals surface area (Å²) in [7, 11) is 0. The van der Waals surface area contributed by atoms with Crippen LogP contribution < -0.4 is 0 Å². The number of carboxylic acids is 1. The van der Waals surface area contributed by atoms with Crippen LogP contribution in [0.25, 0.3) is 0 Å².